The molecule has 0 heterocycles. The fourth-order valence-electron chi connectivity index (χ4n) is 0.545. The lowest BCUT2D eigenvalue weighted by Gasteiger charge is -2.06. The molecule has 0 aromatic rings. The zero-order valence-electron chi connectivity index (χ0n) is 7.67. The van der Waals surface area contributed by atoms with Crippen molar-refractivity contribution in [2.45, 2.75) is 27.1 Å². The number of hydrogen-bond donors (Lipinski definition) is 0. The summed E-state index contributed by atoms with van der Waals surface area (Å²) in [6.07, 6.45) is 1.84. The number of aliphatic imine (C=N–C) groups is 1. The predicted octanol–water partition coefficient (Wildman–Crippen LogP) is 2.83. The van der Waals surface area contributed by atoms with Gasteiger partial charge in [-0.05, 0) is 26.0 Å². The minimum absolute atomic E-state index is 0.280. The first-order chi connectivity index (χ1) is 5.60. The second kappa shape index (κ2) is 5.52. The second-order valence-corrected chi connectivity index (χ2v) is 2.25. The third-order valence-electron chi connectivity index (χ3n) is 1.11. The SMILES string of the molecule is C=C/C(C)=N\C(=C\C)OC(C)F. The van der Waals surface area contributed by atoms with Crippen LogP contribution < -0.4 is 0 Å². The van der Waals surface area contributed by atoms with Crippen molar-refractivity contribution in [3.8, 4) is 0 Å². The van der Waals surface area contributed by atoms with E-state index in [9.17, 15) is 4.39 Å². The van der Waals surface area contributed by atoms with Crippen molar-refractivity contribution in [1.82, 2.24) is 0 Å². The van der Waals surface area contributed by atoms with Crippen LogP contribution in [-0.2, 0) is 4.74 Å². The van der Waals surface area contributed by atoms with Crippen molar-refractivity contribution < 1.29 is 9.13 Å². The molecule has 3 heteroatoms. The summed E-state index contributed by atoms with van der Waals surface area (Å²) in [5.41, 5.74) is 0.698. The van der Waals surface area contributed by atoms with Crippen LogP contribution in [0.1, 0.15) is 20.8 Å². The molecule has 0 rings (SSSR count). The number of allylic oxidation sites excluding steroid dienone is 2. The molecule has 0 fully saturated rings. The van der Waals surface area contributed by atoms with Gasteiger partial charge in [-0.15, -0.1) is 0 Å². The van der Waals surface area contributed by atoms with Crippen molar-refractivity contribution in [3.05, 3.63) is 24.6 Å². The van der Waals surface area contributed by atoms with Gasteiger partial charge in [0.15, 0.2) is 0 Å². The van der Waals surface area contributed by atoms with Gasteiger partial charge >= 0.3 is 0 Å². The molecule has 0 bridgehead atoms. The molecule has 0 aromatic carbocycles. The number of rotatable bonds is 4. The van der Waals surface area contributed by atoms with Gasteiger partial charge in [-0.1, -0.05) is 6.58 Å². The number of alkyl halides is 1. The van der Waals surface area contributed by atoms with Crippen LogP contribution in [0, 0.1) is 0 Å². The molecule has 12 heavy (non-hydrogen) atoms. The topological polar surface area (TPSA) is 21.6 Å². The van der Waals surface area contributed by atoms with E-state index in [2.05, 4.69) is 11.6 Å². The maximum atomic E-state index is 12.3. The Morgan fingerprint density at radius 2 is 2.25 bits per heavy atom. The zero-order valence-corrected chi connectivity index (χ0v) is 7.67. The summed E-state index contributed by atoms with van der Waals surface area (Å²) in [6.45, 7) is 8.33. The highest BCUT2D eigenvalue weighted by Gasteiger charge is 2.00. The predicted molar refractivity (Wildman–Crippen MR) is 48.7 cm³/mol. The van der Waals surface area contributed by atoms with Gasteiger partial charge in [-0.3, -0.25) is 0 Å². The first-order valence-corrected chi connectivity index (χ1v) is 3.75. The van der Waals surface area contributed by atoms with Gasteiger partial charge in [0.05, 0.1) is 0 Å². The van der Waals surface area contributed by atoms with Crippen molar-refractivity contribution in [2.75, 3.05) is 0 Å². The molecule has 0 aliphatic rings. The largest absolute Gasteiger partial charge is 0.444 e. The van der Waals surface area contributed by atoms with Crippen molar-refractivity contribution in [1.29, 1.82) is 0 Å². The molecule has 0 aliphatic heterocycles. The zero-order chi connectivity index (χ0) is 9.56. The van der Waals surface area contributed by atoms with Gasteiger partial charge in [0.2, 0.25) is 12.2 Å². The molecular formula is C9H14FNO. The normalized spacial score (nSPS) is 15.7. The minimum Gasteiger partial charge on any atom is -0.444 e. The van der Waals surface area contributed by atoms with Crippen LogP contribution in [0.2, 0.25) is 0 Å². The Labute approximate surface area is 72.5 Å². The van der Waals surface area contributed by atoms with E-state index in [1.54, 1.807) is 26.0 Å². The highest BCUT2D eigenvalue weighted by atomic mass is 19.1. The van der Waals surface area contributed by atoms with Crippen molar-refractivity contribution in [2.24, 2.45) is 4.99 Å². The second-order valence-electron chi connectivity index (χ2n) is 2.25. The lowest BCUT2D eigenvalue weighted by Crippen LogP contribution is -2.00. The van der Waals surface area contributed by atoms with E-state index in [4.69, 9.17) is 4.74 Å². The summed E-state index contributed by atoms with van der Waals surface area (Å²) in [4.78, 5) is 3.95. The fourth-order valence-corrected chi connectivity index (χ4v) is 0.545. The standard InChI is InChI=1S/C9H14FNO/c1-5-7(3)11-9(6-2)12-8(4)10/h5-6,8H,1H2,2-4H3/b9-6-,11-7-. The van der Waals surface area contributed by atoms with Crippen LogP contribution in [-0.4, -0.2) is 12.1 Å². The monoisotopic (exact) mass is 171 g/mol. The molecule has 2 nitrogen and oxygen atoms in total. The lowest BCUT2D eigenvalue weighted by atomic mass is 10.4. The van der Waals surface area contributed by atoms with Gasteiger partial charge in [0.25, 0.3) is 0 Å². The molecule has 0 aliphatic carbocycles. The molecule has 0 N–H and O–H groups in total. The van der Waals surface area contributed by atoms with E-state index in [0.29, 0.717) is 5.71 Å². The van der Waals surface area contributed by atoms with E-state index in [-0.39, 0.29) is 5.88 Å². The fraction of sp³-hybridized carbons (Fsp3) is 0.444. The van der Waals surface area contributed by atoms with Crippen LogP contribution in [0.4, 0.5) is 4.39 Å². The maximum Gasteiger partial charge on any atom is 0.237 e. The summed E-state index contributed by atoms with van der Waals surface area (Å²) >= 11 is 0. The summed E-state index contributed by atoms with van der Waals surface area (Å²) < 4.78 is 17.1. The van der Waals surface area contributed by atoms with E-state index >= 15 is 0 Å². The molecule has 1 unspecified atom stereocenters. The Balaban J connectivity index is 4.29. The number of nitrogens with zero attached hydrogens (tertiary/aromatic N) is 1. The Morgan fingerprint density at radius 3 is 2.58 bits per heavy atom. The first kappa shape index (κ1) is 10.9. The summed E-state index contributed by atoms with van der Waals surface area (Å²) in [6, 6.07) is 0. The lowest BCUT2D eigenvalue weighted by molar-refractivity contribution is 0.0211. The first-order valence-electron chi connectivity index (χ1n) is 3.75. The van der Waals surface area contributed by atoms with E-state index in [1.807, 2.05) is 0 Å². The minimum atomic E-state index is -1.34. The van der Waals surface area contributed by atoms with E-state index in [0.717, 1.165) is 0 Å². The maximum absolute atomic E-state index is 12.3. The summed E-state index contributed by atoms with van der Waals surface area (Å²) in [7, 11) is 0. The molecule has 0 amide bonds. The van der Waals surface area contributed by atoms with Crippen molar-refractivity contribution in [3.63, 3.8) is 0 Å². The third-order valence-corrected chi connectivity index (χ3v) is 1.11. The van der Waals surface area contributed by atoms with Crippen LogP contribution >= 0.6 is 0 Å². The van der Waals surface area contributed by atoms with E-state index in [1.165, 1.54) is 6.92 Å². The van der Waals surface area contributed by atoms with E-state index < -0.39 is 6.36 Å². The molecule has 68 valence electrons. The van der Waals surface area contributed by atoms with Crippen LogP contribution in [0.15, 0.2) is 29.6 Å². The van der Waals surface area contributed by atoms with Gasteiger partial charge in [0, 0.05) is 12.6 Å². The summed E-state index contributed by atoms with van der Waals surface area (Å²) in [5, 5.41) is 0. The quantitative estimate of drug-likeness (QED) is 0.470. The van der Waals surface area contributed by atoms with Gasteiger partial charge in [0.1, 0.15) is 0 Å². The number of halogens is 1. The Morgan fingerprint density at radius 1 is 1.67 bits per heavy atom. The Kier molecular flexibility index (Phi) is 5.00. The smallest absolute Gasteiger partial charge is 0.237 e. The molecule has 0 radical (unpaired) electrons. The Hall–Kier alpha value is -1.12. The Bertz CT molecular complexity index is 207. The van der Waals surface area contributed by atoms with Crippen LogP contribution in [0.3, 0.4) is 0 Å². The van der Waals surface area contributed by atoms with Gasteiger partial charge in [-0.2, -0.15) is 0 Å². The number of ether oxygens (including phenoxy) is 1. The summed E-state index contributed by atoms with van der Waals surface area (Å²) in [5.74, 6) is 0.280. The van der Waals surface area contributed by atoms with Crippen LogP contribution in [0.5, 0.6) is 0 Å². The average Bonchev–Trinajstić information content (AvgIpc) is 2.02. The molecule has 0 spiro atoms. The van der Waals surface area contributed by atoms with Crippen molar-refractivity contribution >= 4 is 5.71 Å². The molecule has 0 aromatic heterocycles. The van der Waals surface area contributed by atoms with Gasteiger partial charge < -0.3 is 4.74 Å². The third kappa shape index (κ3) is 4.66. The molecule has 0 saturated heterocycles. The molecule has 1 atom stereocenters. The number of hydrogen-bond acceptors (Lipinski definition) is 2. The highest BCUT2D eigenvalue weighted by molar-refractivity contribution is 5.92. The average molecular weight is 171 g/mol. The molecular weight excluding hydrogens is 157 g/mol. The van der Waals surface area contributed by atoms with Crippen LogP contribution in [0.25, 0.3) is 0 Å². The molecule has 0 saturated carbocycles. The van der Waals surface area contributed by atoms with Gasteiger partial charge in [-0.25, -0.2) is 9.38 Å². The highest BCUT2D eigenvalue weighted by Crippen LogP contribution is 2.05.